The molecule has 0 aromatic heterocycles. The summed E-state index contributed by atoms with van der Waals surface area (Å²) in [5, 5.41) is 0. The zero-order valence-corrected chi connectivity index (χ0v) is 8.16. The van der Waals surface area contributed by atoms with Crippen LogP contribution in [0.4, 0.5) is 4.79 Å². The Labute approximate surface area is 79.0 Å². The van der Waals surface area contributed by atoms with Gasteiger partial charge in [0.15, 0.2) is 0 Å². The van der Waals surface area contributed by atoms with E-state index in [9.17, 15) is 4.79 Å². The van der Waals surface area contributed by atoms with Gasteiger partial charge in [0, 0.05) is 6.04 Å². The highest BCUT2D eigenvalue weighted by atomic mass is 16.6. The van der Waals surface area contributed by atoms with Gasteiger partial charge in [-0.3, -0.25) is 0 Å². The predicted molar refractivity (Wildman–Crippen MR) is 49.5 cm³/mol. The second kappa shape index (κ2) is 3.56. The van der Waals surface area contributed by atoms with Crippen LogP contribution in [-0.2, 0) is 4.74 Å². The van der Waals surface area contributed by atoms with Gasteiger partial charge in [0.2, 0.25) is 0 Å². The number of ether oxygens (including phenoxy) is 1. The van der Waals surface area contributed by atoms with E-state index in [1.165, 1.54) is 12.8 Å². The zero-order valence-electron chi connectivity index (χ0n) is 8.16. The highest BCUT2D eigenvalue weighted by molar-refractivity contribution is 5.69. The van der Waals surface area contributed by atoms with Crippen LogP contribution in [0.5, 0.6) is 0 Å². The van der Waals surface area contributed by atoms with Gasteiger partial charge < -0.3 is 9.64 Å². The number of carbonyl (C=O) groups is 1. The molecule has 1 aliphatic carbocycles. The second-order valence-corrected chi connectivity index (χ2v) is 4.22. The molecule has 74 valence electrons. The normalized spacial score (nSPS) is 34.8. The topological polar surface area (TPSA) is 29.5 Å². The molecule has 3 nitrogen and oxygen atoms in total. The predicted octanol–water partition coefficient (Wildman–Crippen LogP) is 2.02. The molecule has 3 heteroatoms. The zero-order chi connectivity index (χ0) is 9.26. The summed E-state index contributed by atoms with van der Waals surface area (Å²) in [7, 11) is 0. The Morgan fingerprint density at radius 3 is 2.54 bits per heavy atom. The standard InChI is InChI=1S/C10H17NO2/c1-8-2-4-9(5-3-8)11-6-7-13-10(11)12/h8-9H,2-7H2,1H3/t8-,9-. The van der Waals surface area contributed by atoms with Crippen molar-refractivity contribution in [2.75, 3.05) is 13.2 Å². The Bertz CT molecular complexity index is 197. The van der Waals surface area contributed by atoms with Crippen LogP contribution < -0.4 is 0 Å². The molecule has 0 radical (unpaired) electrons. The summed E-state index contributed by atoms with van der Waals surface area (Å²) in [6.07, 6.45) is 4.75. The fourth-order valence-corrected chi connectivity index (χ4v) is 2.29. The summed E-state index contributed by atoms with van der Waals surface area (Å²) in [5.74, 6) is 0.842. The lowest BCUT2D eigenvalue weighted by Crippen LogP contribution is -2.38. The van der Waals surface area contributed by atoms with Crippen molar-refractivity contribution >= 4 is 6.09 Å². The number of hydrogen-bond acceptors (Lipinski definition) is 2. The van der Waals surface area contributed by atoms with Gasteiger partial charge >= 0.3 is 6.09 Å². The average molecular weight is 183 g/mol. The molecule has 1 saturated carbocycles. The van der Waals surface area contributed by atoms with Gasteiger partial charge in [-0.2, -0.15) is 0 Å². The van der Waals surface area contributed by atoms with E-state index in [1.807, 2.05) is 4.90 Å². The van der Waals surface area contributed by atoms with Crippen molar-refractivity contribution in [3.63, 3.8) is 0 Å². The van der Waals surface area contributed by atoms with E-state index in [0.717, 1.165) is 25.3 Å². The molecule has 0 N–H and O–H groups in total. The van der Waals surface area contributed by atoms with Crippen molar-refractivity contribution < 1.29 is 9.53 Å². The molecule has 0 aromatic rings. The van der Waals surface area contributed by atoms with Gasteiger partial charge in [-0.05, 0) is 31.6 Å². The fraction of sp³-hybridized carbons (Fsp3) is 0.900. The van der Waals surface area contributed by atoms with Crippen molar-refractivity contribution in [2.45, 2.75) is 38.6 Å². The van der Waals surface area contributed by atoms with Crippen molar-refractivity contribution in [3.05, 3.63) is 0 Å². The Morgan fingerprint density at radius 2 is 2.00 bits per heavy atom. The third-order valence-electron chi connectivity index (χ3n) is 3.22. The molecular formula is C10H17NO2. The first-order chi connectivity index (χ1) is 6.27. The number of carbonyl (C=O) groups excluding carboxylic acids is 1. The highest BCUT2D eigenvalue weighted by Gasteiger charge is 2.31. The maximum absolute atomic E-state index is 11.3. The monoisotopic (exact) mass is 183 g/mol. The Balaban J connectivity index is 1.90. The quantitative estimate of drug-likeness (QED) is 0.622. The minimum Gasteiger partial charge on any atom is -0.448 e. The van der Waals surface area contributed by atoms with Crippen LogP contribution in [0.1, 0.15) is 32.6 Å². The highest BCUT2D eigenvalue weighted by Crippen LogP contribution is 2.28. The molecule has 13 heavy (non-hydrogen) atoms. The van der Waals surface area contributed by atoms with Gasteiger partial charge in [-0.25, -0.2) is 4.79 Å². The first-order valence-corrected chi connectivity index (χ1v) is 5.21. The number of hydrogen-bond donors (Lipinski definition) is 0. The van der Waals surface area contributed by atoms with Gasteiger partial charge in [-0.1, -0.05) is 6.92 Å². The van der Waals surface area contributed by atoms with Crippen LogP contribution >= 0.6 is 0 Å². The van der Waals surface area contributed by atoms with Crippen LogP contribution in [0.3, 0.4) is 0 Å². The molecule has 2 fully saturated rings. The third kappa shape index (κ3) is 1.79. The molecule has 2 aliphatic rings. The molecule has 0 atom stereocenters. The van der Waals surface area contributed by atoms with E-state index in [0.29, 0.717) is 12.6 Å². The summed E-state index contributed by atoms with van der Waals surface area (Å²) in [5.41, 5.74) is 0. The van der Waals surface area contributed by atoms with Crippen LogP contribution in [0.2, 0.25) is 0 Å². The minimum atomic E-state index is -0.0976. The SMILES string of the molecule is C[C@H]1CC[C@H](N2CCOC2=O)CC1. The van der Waals surface area contributed by atoms with Crippen molar-refractivity contribution in [1.82, 2.24) is 4.90 Å². The largest absolute Gasteiger partial charge is 0.448 e. The smallest absolute Gasteiger partial charge is 0.410 e. The van der Waals surface area contributed by atoms with Gasteiger partial charge in [0.1, 0.15) is 6.61 Å². The summed E-state index contributed by atoms with van der Waals surface area (Å²) in [6, 6.07) is 0.464. The molecular weight excluding hydrogens is 166 g/mol. The minimum absolute atomic E-state index is 0.0976. The number of cyclic esters (lactones) is 1. The van der Waals surface area contributed by atoms with Gasteiger partial charge in [0.25, 0.3) is 0 Å². The third-order valence-corrected chi connectivity index (χ3v) is 3.22. The molecule has 0 spiro atoms. The summed E-state index contributed by atoms with van der Waals surface area (Å²) >= 11 is 0. The van der Waals surface area contributed by atoms with Crippen molar-refractivity contribution in [1.29, 1.82) is 0 Å². The maximum atomic E-state index is 11.3. The lowest BCUT2D eigenvalue weighted by atomic mass is 9.87. The summed E-state index contributed by atoms with van der Waals surface area (Å²) in [6.45, 7) is 3.68. The fourth-order valence-electron chi connectivity index (χ4n) is 2.29. The number of nitrogens with zero attached hydrogens (tertiary/aromatic N) is 1. The van der Waals surface area contributed by atoms with Gasteiger partial charge in [0.05, 0.1) is 6.54 Å². The lowest BCUT2D eigenvalue weighted by Gasteiger charge is -2.31. The van der Waals surface area contributed by atoms with Crippen LogP contribution in [0.15, 0.2) is 0 Å². The maximum Gasteiger partial charge on any atom is 0.410 e. The van der Waals surface area contributed by atoms with E-state index in [-0.39, 0.29) is 6.09 Å². The van der Waals surface area contributed by atoms with E-state index in [4.69, 9.17) is 4.74 Å². The lowest BCUT2D eigenvalue weighted by molar-refractivity contribution is 0.134. The first kappa shape index (κ1) is 8.85. The van der Waals surface area contributed by atoms with Crippen LogP contribution in [0.25, 0.3) is 0 Å². The van der Waals surface area contributed by atoms with Crippen molar-refractivity contribution in [2.24, 2.45) is 5.92 Å². The Kier molecular flexibility index (Phi) is 2.42. The molecule has 1 amide bonds. The first-order valence-electron chi connectivity index (χ1n) is 5.21. The Morgan fingerprint density at radius 1 is 1.31 bits per heavy atom. The van der Waals surface area contributed by atoms with Crippen LogP contribution in [0, 0.1) is 5.92 Å². The molecule has 1 heterocycles. The molecule has 0 unspecified atom stereocenters. The van der Waals surface area contributed by atoms with Crippen molar-refractivity contribution in [3.8, 4) is 0 Å². The Hall–Kier alpha value is -0.730. The summed E-state index contributed by atoms with van der Waals surface area (Å²) in [4.78, 5) is 13.2. The molecule has 2 rings (SSSR count). The molecule has 1 aliphatic heterocycles. The molecule has 0 bridgehead atoms. The average Bonchev–Trinajstić information content (AvgIpc) is 2.53. The van der Waals surface area contributed by atoms with Gasteiger partial charge in [-0.15, -0.1) is 0 Å². The number of amides is 1. The van der Waals surface area contributed by atoms with E-state index < -0.39 is 0 Å². The number of rotatable bonds is 1. The molecule has 1 saturated heterocycles. The van der Waals surface area contributed by atoms with Crippen LogP contribution in [-0.4, -0.2) is 30.2 Å². The second-order valence-electron chi connectivity index (χ2n) is 4.22. The molecule has 0 aromatic carbocycles. The van der Waals surface area contributed by atoms with E-state index in [1.54, 1.807) is 0 Å². The van der Waals surface area contributed by atoms with E-state index in [2.05, 4.69) is 6.92 Å². The summed E-state index contributed by atoms with van der Waals surface area (Å²) < 4.78 is 4.93. The van der Waals surface area contributed by atoms with E-state index >= 15 is 0 Å².